The first-order chi connectivity index (χ1) is 10.4. The predicted molar refractivity (Wildman–Crippen MR) is 88.1 cm³/mol. The van der Waals surface area contributed by atoms with Gasteiger partial charge in [-0.2, -0.15) is 4.98 Å². The molecule has 3 aromatic heterocycles. The first-order valence-electron chi connectivity index (χ1n) is 6.36. The Kier molecular flexibility index (Phi) is 3.62. The first kappa shape index (κ1) is 14.9. The van der Waals surface area contributed by atoms with Crippen molar-refractivity contribution in [2.75, 3.05) is 5.73 Å². The molecular weight excluding hydrogens is 370 g/mol. The highest BCUT2D eigenvalue weighted by molar-refractivity contribution is 9.10. The zero-order valence-corrected chi connectivity index (χ0v) is 14.1. The maximum Gasteiger partial charge on any atom is 0.282 e. The molecule has 3 heterocycles. The summed E-state index contributed by atoms with van der Waals surface area (Å²) in [6, 6.07) is 1.67. The average molecular weight is 381 g/mol. The van der Waals surface area contributed by atoms with Crippen molar-refractivity contribution in [1.29, 1.82) is 0 Å². The second-order valence-electron chi connectivity index (χ2n) is 4.83. The van der Waals surface area contributed by atoms with Crippen molar-refractivity contribution >= 4 is 50.4 Å². The number of anilines is 1. The summed E-state index contributed by atoms with van der Waals surface area (Å²) in [5.74, 6) is -0.289. The van der Waals surface area contributed by atoms with Gasteiger partial charge < -0.3 is 5.73 Å². The van der Waals surface area contributed by atoms with E-state index in [1.54, 1.807) is 18.5 Å². The van der Waals surface area contributed by atoms with Crippen LogP contribution in [0.4, 0.5) is 5.95 Å². The highest BCUT2D eigenvalue weighted by atomic mass is 79.9. The molecular formula is C14H11BrClN5O. The van der Waals surface area contributed by atoms with Gasteiger partial charge in [-0.1, -0.05) is 27.5 Å². The lowest BCUT2D eigenvalue weighted by Gasteiger charge is -2.09. The van der Waals surface area contributed by atoms with Gasteiger partial charge >= 0.3 is 0 Å². The van der Waals surface area contributed by atoms with E-state index in [0.29, 0.717) is 16.7 Å². The molecule has 0 aliphatic carbocycles. The van der Waals surface area contributed by atoms with Crippen molar-refractivity contribution in [1.82, 2.24) is 19.5 Å². The van der Waals surface area contributed by atoms with Crippen LogP contribution in [0.3, 0.4) is 0 Å². The van der Waals surface area contributed by atoms with Gasteiger partial charge in [0.05, 0.1) is 5.39 Å². The maximum atomic E-state index is 12.8. The largest absolute Gasteiger partial charge is 0.368 e. The Labute approximate surface area is 139 Å². The molecule has 3 aromatic rings. The number of aromatic nitrogens is 4. The Hall–Kier alpha value is -1.99. The number of hydrogen-bond donors (Lipinski definition) is 1. The molecule has 0 amide bonds. The van der Waals surface area contributed by atoms with Gasteiger partial charge in [-0.15, -0.1) is 0 Å². The monoisotopic (exact) mass is 379 g/mol. The number of halogens is 2. The molecule has 0 aliphatic heterocycles. The maximum absolute atomic E-state index is 12.8. The molecule has 0 aromatic carbocycles. The number of nitrogens with zero attached hydrogens (tertiary/aromatic N) is 4. The molecule has 3 rings (SSSR count). The molecule has 6 nitrogen and oxygen atoms in total. The summed E-state index contributed by atoms with van der Waals surface area (Å²) in [7, 11) is 0. The highest BCUT2D eigenvalue weighted by Gasteiger charge is 2.19. The second-order valence-corrected chi connectivity index (χ2v) is 5.98. The number of aryl methyl sites for hydroxylation is 1. The van der Waals surface area contributed by atoms with Crippen LogP contribution in [0.25, 0.3) is 11.0 Å². The summed E-state index contributed by atoms with van der Waals surface area (Å²) in [6.07, 6.45) is 3.23. The van der Waals surface area contributed by atoms with Crippen LogP contribution in [0, 0.1) is 13.8 Å². The molecule has 0 saturated heterocycles. The minimum absolute atomic E-state index is 0.0139. The molecule has 2 N–H and O–H groups in total. The van der Waals surface area contributed by atoms with Crippen LogP contribution in [0.5, 0.6) is 0 Å². The van der Waals surface area contributed by atoms with Crippen molar-refractivity contribution in [3.63, 3.8) is 0 Å². The number of rotatable bonds is 1. The highest BCUT2D eigenvalue weighted by Crippen LogP contribution is 2.26. The van der Waals surface area contributed by atoms with Crippen molar-refractivity contribution in [3.05, 3.63) is 44.9 Å². The van der Waals surface area contributed by atoms with Crippen LogP contribution in [0.15, 0.2) is 22.9 Å². The second kappa shape index (κ2) is 5.33. The normalized spacial score (nSPS) is 11.1. The third kappa shape index (κ3) is 2.26. The van der Waals surface area contributed by atoms with Crippen molar-refractivity contribution in [3.8, 4) is 0 Å². The van der Waals surface area contributed by atoms with Gasteiger partial charge in [0.25, 0.3) is 5.91 Å². The fraction of sp³-hybridized carbons (Fsp3) is 0.143. The van der Waals surface area contributed by atoms with Crippen LogP contribution in [-0.2, 0) is 0 Å². The standard InChI is InChI=1S/C14H11BrClN5O/c1-6-5-18-10(7(2)9(6)15)13(22)21-4-3-8-11(16)19-14(17)20-12(8)21/h3-5H,1-2H3,(H2,17,19,20). The third-order valence-corrected chi connectivity index (χ3v) is 4.86. The number of fused-ring (bicyclic) bond motifs is 1. The zero-order valence-electron chi connectivity index (χ0n) is 11.8. The van der Waals surface area contributed by atoms with E-state index in [-0.39, 0.29) is 17.0 Å². The molecule has 0 saturated carbocycles. The fourth-order valence-electron chi connectivity index (χ4n) is 2.20. The summed E-state index contributed by atoms with van der Waals surface area (Å²) >= 11 is 9.49. The van der Waals surface area contributed by atoms with E-state index in [1.807, 2.05) is 13.8 Å². The molecule has 0 aliphatic rings. The lowest BCUT2D eigenvalue weighted by atomic mass is 10.1. The predicted octanol–water partition coefficient (Wildman–Crippen LogP) is 3.13. The van der Waals surface area contributed by atoms with E-state index in [9.17, 15) is 4.79 Å². The average Bonchev–Trinajstić information content (AvgIpc) is 2.88. The molecule has 0 unspecified atom stereocenters. The van der Waals surface area contributed by atoms with Gasteiger partial charge in [-0.25, -0.2) is 4.98 Å². The van der Waals surface area contributed by atoms with E-state index in [4.69, 9.17) is 17.3 Å². The zero-order chi connectivity index (χ0) is 16.0. The van der Waals surface area contributed by atoms with Gasteiger partial charge in [-0.3, -0.25) is 14.3 Å². The summed E-state index contributed by atoms with van der Waals surface area (Å²) < 4.78 is 2.23. The number of nitrogens with two attached hydrogens (primary N) is 1. The van der Waals surface area contributed by atoms with E-state index in [2.05, 4.69) is 30.9 Å². The van der Waals surface area contributed by atoms with Crippen LogP contribution in [0.1, 0.15) is 21.6 Å². The van der Waals surface area contributed by atoms with Crippen LogP contribution < -0.4 is 5.73 Å². The van der Waals surface area contributed by atoms with Crippen LogP contribution in [-0.4, -0.2) is 25.4 Å². The molecule has 8 heteroatoms. The lowest BCUT2D eigenvalue weighted by Crippen LogP contribution is -2.15. The fourth-order valence-corrected chi connectivity index (χ4v) is 2.73. The molecule has 112 valence electrons. The Balaban J connectivity index is 2.20. The number of carbonyl (C=O) groups excluding carboxylic acids is 1. The Morgan fingerprint density at radius 3 is 2.82 bits per heavy atom. The van der Waals surface area contributed by atoms with E-state index >= 15 is 0 Å². The topological polar surface area (TPSA) is 86.7 Å². The van der Waals surface area contributed by atoms with Crippen LogP contribution in [0.2, 0.25) is 5.15 Å². The molecule has 0 atom stereocenters. The number of nitrogen functional groups attached to an aromatic ring is 1. The van der Waals surface area contributed by atoms with E-state index in [1.165, 1.54) is 4.57 Å². The van der Waals surface area contributed by atoms with Gasteiger partial charge in [-0.05, 0) is 31.0 Å². The summed E-state index contributed by atoms with van der Waals surface area (Å²) in [5.41, 5.74) is 8.03. The SMILES string of the molecule is Cc1cnc(C(=O)n2ccc3c(Cl)nc(N)nc32)c(C)c1Br. The number of carbonyl (C=O) groups is 1. The summed E-state index contributed by atoms with van der Waals surface area (Å²) in [4.78, 5) is 25.0. The smallest absolute Gasteiger partial charge is 0.282 e. The lowest BCUT2D eigenvalue weighted by molar-refractivity contribution is 0.0959. The molecule has 0 fully saturated rings. The van der Waals surface area contributed by atoms with Gasteiger partial charge in [0.15, 0.2) is 5.65 Å². The molecule has 0 radical (unpaired) electrons. The third-order valence-electron chi connectivity index (χ3n) is 3.35. The molecule has 0 spiro atoms. The van der Waals surface area contributed by atoms with Gasteiger partial charge in [0.1, 0.15) is 10.8 Å². The van der Waals surface area contributed by atoms with Gasteiger partial charge in [0, 0.05) is 16.9 Å². The summed E-state index contributed by atoms with van der Waals surface area (Å²) in [6.45, 7) is 3.75. The quantitative estimate of drug-likeness (QED) is 0.655. The Morgan fingerprint density at radius 1 is 1.36 bits per heavy atom. The first-order valence-corrected chi connectivity index (χ1v) is 7.53. The minimum Gasteiger partial charge on any atom is -0.368 e. The van der Waals surface area contributed by atoms with E-state index in [0.717, 1.165) is 15.6 Å². The summed E-state index contributed by atoms with van der Waals surface area (Å²) in [5, 5.41) is 0.775. The Morgan fingerprint density at radius 2 is 2.09 bits per heavy atom. The van der Waals surface area contributed by atoms with E-state index < -0.39 is 0 Å². The van der Waals surface area contributed by atoms with Crippen molar-refractivity contribution < 1.29 is 4.79 Å². The minimum atomic E-state index is -0.303. The number of pyridine rings is 1. The van der Waals surface area contributed by atoms with Crippen LogP contribution >= 0.6 is 27.5 Å². The van der Waals surface area contributed by atoms with Crippen molar-refractivity contribution in [2.24, 2.45) is 0 Å². The molecule has 22 heavy (non-hydrogen) atoms. The molecule has 0 bridgehead atoms. The Bertz CT molecular complexity index is 921. The number of hydrogen-bond acceptors (Lipinski definition) is 5. The van der Waals surface area contributed by atoms with Crippen molar-refractivity contribution in [2.45, 2.75) is 13.8 Å². The van der Waals surface area contributed by atoms with Gasteiger partial charge in [0.2, 0.25) is 5.95 Å².